The molecular weight excluding hydrogens is 280 g/mol. The summed E-state index contributed by atoms with van der Waals surface area (Å²) in [5, 5.41) is 0. The summed E-state index contributed by atoms with van der Waals surface area (Å²) in [6, 6.07) is 1.80. The van der Waals surface area contributed by atoms with Crippen molar-refractivity contribution in [1.82, 2.24) is 15.0 Å². The van der Waals surface area contributed by atoms with Gasteiger partial charge in [0.1, 0.15) is 11.6 Å². The molecule has 2 aromatic rings. The van der Waals surface area contributed by atoms with Crippen LogP contribution in [0.2, 0.25) is 0 Å². The van der Waals surface area contributed by atoms with Crippen molar-refractivity contribution in [2.75, 3.05) is 12.8 Å². The summed E-state index contributed by atoms with van der Waals surface area (Å²) in [5.74, 6) is 3.12. The SMILES string of the molecule is COc1cc(Oc2cnc(C)nc2N)c(C2CCCC2)cn1. The van der Waals surface area contributed by atoms with Gasteiger partial charge in [-0.25, -0.2) is 15.0 Å². The Morgan fingerprint density at radius 3 is 2.59 bits per heavy atom. The Hall–Kier alpha value is -2.37. The molecule has 1 saturated carbocycles. The topological polar surface area (TPSA) is 83.2 Å². The van der Waals surface area contributed by atoms with Crippen LogP contribution in [0.4, 0.5) is 5.82 Å². The highest BCUT2D eigenvalue weighted by Crippen LogP contribution is 2.41. The molecule has 0 atom stereocenters. The molecule has 0 radical (unpaired) electrons. The molecule has 2 N–H and O–H groups in total. The van der Waals surface area contributed by atoms with Crippen molar-refractivity contribution in [3.8, 4) is 17.4 Å². The first-order valence-electron chi connectivity index (χ1n) is 7.48. The number of nitrogens with zero attached hydrogens (tertiary/aromatic N) is 3. The van der Waals surface area contributed by atoms with Crippen LogP contribution in [0.5, 0.6) is 17.4 Å². The van der Waals surface area contributed by atoms with E-state index in [1.165, 1.54) is 12.8 Å². The van der Waals surface area contributed by atoms with Crippen molar-refractivity contribution in [3.63, 3.8) is 0 Å². The zero-order valence-electron chi connectivity index (χ0n) is 12.9. The number of methoxy groups -OCH3 is 1. The van der Waals surface area contributed by atoms with E-state index < -0.39 is 0 Å². The highest BCUT2D eigenvalue weighted by Gasteiger charge is 2.22. The molecule has 2 aromatic heterocycles. The summed E-state index contributed by atoms with van der Waals surface area (Å²) in [5.41, 5.74) is 7.02. The van der Waals surface area contributed by atoms with Crippen molar-refractivity contribution in [2.45, 2.75) is 38.5 Å². The monoisotopic (exact) mass is 300 g/mol. The van der Waals surface area contributed by atoms with Crippen LogP contribution >= 0.6 is 0 Å². The number of hydrogen-bond donors (Lipinski definition) is 1. The molecule has 0 aromatic carbocycles. The van der Waals surface area contributed by atoms with Gasteiger partial charge in [-0.2, -0.15) is 0 Å². The highest BCUT2D eigenvalue weighted by molar-refractivity contribution is 5.49. The third kappa shape index (κ3) is 2.95. The normalized spacial score (nSPS) is 15.0. The highest BCUT2D eigenvalue weighted by atomic mass is 16.5. The van der Waals surface area contributed by atoms with Crippen LogP contribution in [0.1, 0.15) is 43.0 Å². The number of nitrogen functional groups attached to an aromatic ring is 1. The number of anilines is 1. The molecule has 0 unspecified atom stereocenters. The van der Waals surface area contributed by atoms with Crippen LogP contribution < -0.4 is 15.2 Å². The van der Waals surface area contributed by atoms with Gasteiger partial charge >= 0.3 is 0 Å². The minimum atomic E-state index is 0.334. The zero-order valence-corrected chi connectivity index (χ0v) is 12.9. The van der Waals surface area contributed by atoms with E-state index in [0.717, 1.165) is 24.2 Å². The van der Waals surface area contributed by atoms with Crippen LogP contribution in [0.3, 0.4) is 0 Å². The second-order valence-electron chi connectivity index (χ2n) is 5.51. The number of ether oxygens (including phenoxy) is 2. The summed E-state index contributed by atoms with van der Waals surface area (Å²) in [7, 11) is 1.59. The van der Waals surface area contributed by atoms with Crippen LogP contribution in [0, 0.1) is 6.92 Å². The van der Waals surface area contributed by atoms with E-state index in [9.17, 15) is 0 Å². The van der Waals surface area contributed by atoms with E-state index >= 15 is 0 Å². The van der Waals surface area contributed by atoms with Gasteiger partial charge in [0, 0.05) is 17.8 Å². The lowest BCUT2D eigenvalue weighted by Crippen LogP contribution is -2.03. The molecule has 6 heteroatoms. The van der Waals surface area contributed by atoms with Crippen LogP contribution in [-0.4, -0.2) is 22.1 Å². The third-order valence-electron chi connectivity index (χ3n) is 4.00. The number of nitrogens with two attached hydrogens (primary N) is 1. The Morgan fingerprint density at radius 2 is 1.91 bits per heavy atom. The molecule has 0 spiro atoms. The lowest BCUT2D eigenvalue weighted by molar-refractivity contribution is 0.390. The second-order valence-corrected chi connectivity index (χ2v) is 5.51. The lowest BCUT2D eigenvalue weighted by atomic mass is 9.98. The van der Waals surface area contributed by atoms with Crippen molar-refractivity contribution in [3.05, 3.63) is 29.8 Å². The van der Waals surface area contributed by atoms with E-state index in [-0.39, 0.29) is 0 Å². The molecule has 1 fully saturated rings. The minimum Gasteiger partial charge on any atom is -0.481 e. The van der Waals surface area contributed by atoms with Crippen molar-refractivity contribution < 1.29 is 9.47 Å². The van der Waals surface area contributed by atoms with E-state index in [1.807, 2.05) is 6.20 Å². The number of pyridine rings is 1. The number of rotatable bonds is 4. The van der Waals surface area contributed by atoms with Gasteiger partial charge in [-0.15, -0.1) is 0 Å². The molecule has 0 amide bonds. The quantitative estimate of drug-likeness (QED) is 0.933. The first kappa shape index (κ1) is 14.6. The average Bonchev–Trinajstić information content (AvgIpc) is 3.04. The Bertz CT molecular complexity index is 669. The van der Waals surface area contributed by atoms with Crippen LogP contribution in [-0.2, 0) is 0 Å². The Kier molecular flexibility index (Phi) is 4.09. The summed E-state index contributed by atoms with van der Waals surface area (Å²) < 4.78 is 11.2. The summed E-state index contributed by atoms with van der Waals surface area (Å²) in [6.45, 7) is 1.79. The van der Waals surface area contributed by atoms with Gasteiger partial charge in [0.25, 0.3) is 0 Å². The van der Waals surface area contributed by atoms with E-state index in [0.29, 0.717) is 29.2 Å². The molecule has 116 valence electrons. The lowest BCUT2D eigenvalue weighted by Gasteiger charge is -2.16. The van der Waals surface area contributed by atoms with E-state index in [4.69, 9.17) is 15.2 Å². The summed E-state index contributed by atoms with van der Waals surface area (Å²) in [6.07, 6.45) is 8.24. The largest absolute Gasteiger partial charge is 0.481 e. The van der Waals surface area contributed by atoms with Crippen LogP contribution in [0.25, 0.3) is 0 Å². The molecule has 1 aliphatic carbocycles. The zero-order chi connectivity index (χ0) is 15.5. The minimum absolute atomic E-state index is 0.334. The summed E-state index contributed by atoms with van der Waals surface area (Å²) in [4.78, 5) is 12.6. The fourth-order valence-electron chi connectivity index (χ4n) is 2.85. The second kappa shape index (κ2) is 6.17. The van der Waals surface area contributed by atoms with Crippen LogP contribution in [0.15, 0.2) is 18.5 Å². The maximum Gasteiger partial charge on any atom is 0.216 e. The predicted molar refractivity (Wildman–Crippen MR) is 83.3 cm³/mol. The fraction of sp³-hybridized carbons (Fsp3) is 0.438. The molecule has 0 saturated heterocycles. The molecule has 0 aliphatic heterocycles. The standard InChI is InChI=1S/C16H20N4O2/c1-10-18-9-14(16(17)20-10)22-13-7-15(21-2)19-8-12(13)11-5-3-4-6-11/h7-9,11H,3-6H2,1-2H3,(H2,17,18,20). The van der Waals surface area contributed by atoms with Gasteiger partial charge in [0.05, 0.1) is 13.3 Å². The molecule has 2 heterocycles. The molecule has 0 bridgehead atoms. The smallest absolute Gasteiger partial charge is 0.216 e. The molecule has 1 aliphatic rings. The Labute approximate surface area is 129 Å². The molecule has 22 heavy (non-hydrogen) atoms. The van der Waals surface area contributed by atoms with Gasteiger partial charge in [-0.05, 0) is 25.7 Å². The van der Waals surface area contributed by atoms with Crippen molar-refractivity contribution in [1.29, 1.82) is 0 Å². The maximum absolute atomic E-state index is 5.98. The number of aryl methyl sites for hydroxylation is 1. The van der Waals surface area contributed by atoms with Gasteiger partial charge in [0.2, 0.25) is 5.88 Å². The van der Waals surface area contributed by atoms with Gasteiger partial charge in [-0.3, -0.25) is 0 Å². The fourth-order valence-corrected chi connectivity index (χ4v) is 2.85. The predicted octanol–water partition coefficient (Wildman–Crippen LogP) is 3.22. The van der Waals surface area contributed by atoms with E-state index in [1.54, 1.807) is 26.3 Å². The Morgan fingerprint density at radius 1 is 1.14 bits per heavy atom. The molecule has 6 nitrogen and oxygen atoms in total. The Balaban J connectivity index is 1.96. The van der Waals surface area contributed by atoms with E-state index in [2.05, 4.69) is 15.0 Å². The molecule has 3 rings (SSSR count). The maximum atomic E-state index is 5.98. The number of aromatic nitrogens is 3. The van der Waals surface area contributed by atoms with Gasteiger partial charge < -0.3 is 15.2 Å². The van der Waals surface area contributed by atoms with Crippen molar-refractivity contribution in [2.24, 2.45) is 0 Å². The third-order valence-corrected chi connectivity index (χ3v) is 4.00. The molecular formula is C16H20N4O2. The van der Waals surface area contributed by atoms with Gasteiger partial charge in [-0.1, -0.05) is 12.8 Å². The van der Waals surface area contributed by atoms with Crippen molar-refractivity contribution >= 4 is 5.82 Å². The first-order chi connectivity index (χ1) is 10.7. The first-order valence-corrected chi connectivity index (χ1v) is 7.48. The summed E-state index contributed by atoms with van der Waals surface area (Å²) >= 11 is 0. The van der Waals surface area contributed by atoms with Gasteiger partial charge in [0.15, 0.2) is 11.6 Å². The average molecular weight is 300 g/mol. The number of hydrogen-bond acceptors (Lipinski definition) is 6.